The van der Waals surface area contributed by atoms with Crippen molar-refractivity contribution >= 4 is 27.3 Å². The summed E-state index contributed by atoms with van der Waals surface area (Å²) in [4.78, 5) is 17.3. The minimum absolute atomic E-state index is 0.0252. The highest BCUT2D eigenvalue weighted by atomic mass is 32.2. The minimum Gasteiger partial charge on any atom is -0.368 e. The van der Waals surface area contributed by atoms with Crippen LogP contribution in [-0.2, 0) is 14.8 Å². The molecule has 6 nitrogen and oxygen atoms in total. The molecule has 1 amide bonds. The van der Waals surface area contributed by atoms with Crippen LogP contribution in [0.1, 0.15) is 12.0 Å². The normalized spacial score (nSPS) is 14.2. The lowest BCUT2D eigenvalue weighted by Gasteiger charge is -2.36. The fraction of sp³-hybridized carbons (Fsp3) is 0.269. The van der Waals surface area contributed by atoms with Gasteiger partial charge in [0.1, 0.15) is 0 Å². The van der Waals surface area contributed by atoms with Gasteiger partial charge >= 0.3 is 0 Å². The number of hydrogen-bond donors (Lipinski definition) is 0. The van der Waals surface area contributed by atoms with E-state index in [2.05, 4.69) is 17.0 Å². The quantitative estimate of drug-likeness (QED) is 0.533. The highest BCUT2D eigenvalue weighted by Gasteiger charge is 2.27. The summed E-state index contributed by atoms with van der Waals surface area (Å²) in [7, 11) is -3.79. The Hall–Kier alpha value is -3.32. The molecule has 1 aliphatic heterocycles. The van der Waals surface area contributed by atoms with Crippen molar-refractivity contribution in [2.24, 2.45) is 0 Å². The average molecular weight is 464 g/mol. The van der Waals surface area contributed by atoms with E-state index in [0.717, 1.165) is 24.3 Å². The third-order valence-electron chi connectivity index (χ3n) is 5.94. The number of nitrogens with zero attached hydrogens (tertiary/aromatic N) is 3. The molecule has 7 heteroatoms. The number of sulfonamides is 1. The Morgan fingerprint density at radius 3 is 2.00 bits per heavy atom. The summed E-state index contributed by atoms with van der Waals surface area (Å²) in [5.41, 5.74) is 2.70. The second-order valence-electron chi connectivity index (χ2n) is 8.18. The monoisotopic (exact) mass is 463 g/mol. The molecule has 0 bridgehead atoms. The van der Waals surface area contributed by atoms with E-state index < -0.39 is 10.0 Å². The van der Waals surface area contributed by atoms with Crippen molar-refractivity contribution in [1.29, 1.82) is 0 Å². The molecule has 1 fully saturated rings. The zero-order valence-corrected chi connectivity index (χ0v) is 19.6. The van der Waals surface area contributed by atoms with Gasteiger partial charge in [0.2, 0.25) is 5.91 Å². The number of rotatable bonds is 7. The molecule has 0 saturated carbocycles. The first-order valence-corrected chi connectivity index (χ1v) is 12.6. The van der Waals surface area contributed by atoms with E-state index in [9.17, 15) is 13.2 Å². The van der Waals surface area contributed by atoms with Crippen LogP contribution in [0.3, 0.4) is 0 Å². The second kappa shape index (κ2) is 10.1. The van der Waals surface area contributed by atoms with Gasteiger partial charge in [-0.2, -0.15) is 0 Å². The molecule has 0 aromatic heterocycles. The van der Waals surface area contributed by atoms with E-state index in [0.29, 0.717) is 18.8 Å². The van der Waals surface area contributed by atoms with Gasteiger partial charge in [-0.05, 0) is 43.3 Å². The van der Waals surface area contributed by atoms with Gasteiger partial charge in [0.15, 0.2) is 0 Å². The van der Waals surface area contributed by atoms with Crippen molar-refractivity contribution in [1.82, 2.24) is 4.90 Å². The molecular formula is C26H29N3O3S. The van der Waals surface area contributed by atoms with Crippen LogP contribution in [0.2, 0.25) is 0 Å². The topological polar surface area (TPSA) is 60.9 Å². The van der Waals surface area contributed by atoms with Gasteiger partial charge in [0.25, 0.3) is 10.0 Å². The van der Waals surface area contributed by atoms with Crippen molar-refractivity contribution < 1.29 is 13.2 Å². The maximum Gasteiger partial charge on any atom is 0.264 e. The van der Waals surface area contributed by atoms with Crippen molar-refractivity contribution in [2.75, 3.05) is 41.9 Å². The Bertz CT molecular complexity index is 1160. The van der Waals surface area contributed by atoms with E-state index >= 15 is 0 Å². The lowest BCUT2D eigenvalue weighted by atomic mass is 10.2. The van der Waals surface area contributed by atoms with Crippen LogP contribution in [-0.4, -0.2) is 51.9 Å². The van der Waals surface area contributed by atoms with Crippen LogP contribution in [0.4, 0.5) is 11.4 Å². The molecule has 0 aliphatic carbocycles. The molecule has 33 heavy (non-hydrogen) atoms. The van der Waals surface area contributed by atoms with E-state index in [1.54, 1.807) is 48.5 Å². The molecule has 1 saturated heterocycles. The van der Waals surface area contributed by atoms with E-state index in [1.165, 1.54) is 4.31 Å². The second-order valence-corrected chi connectivity index (χ2v) is 10.0. The summed E-state index contributed by atoms with van der Waals surface area (Å²) in [5, 5.41) is 0. The largest absolute Gasteiger partial charge is 0.368 e. The van der Waals surface area contributed by atoms with Gasteiger partial charge in [-0.15, -0.1) is 0 Å². The Morgan fingerprint density at radius 2 is 1.39 bits per heavy atom. The van der Waals surface area contributed by atoms with Crippen LogP contribution >= 0.6 is 0 Å². The van der Waals surface area contributed by atoms with Crippen LogP contribution in [0, 0.1) is 6.92 Å². The molecule has 3 aromatic carbocycles. The number of benzene rings is 3. The molecule has 0 unspecified atom stereocenters. The zero-order valence-electron chi connectivity index (χ0n) is 18.8. The summed E-state index contributed by atoms with van der Waals surface area (Å²) < 4.78 is 28.2. The molecule has 172 valence electrons. The lowest BCUT2D eigenvalue weighted by Crippen LogP contribution is -2.49. The number of para-hydroxylation sites is 2. The van der Waals surface area contributed by atoms with Crippen LogP contribution < -0.4 is 9.21 Å². The SMILES string of the molecule is Cc1ccc(S(=O)(=O)N(CCC(=O)N2CCN(c3ccccc3)CC2)c2ccccc2)cc1. The number of carbonyl (C=O) groups is 1. The van der Waals surface area contributed by atoms with Gasteiger partial charge < -0.3 is 9.80 Å². The Balaban J connectivity index is 1.44. The minimum atomic E-state index is -3.79. The molecule has 3 aromatic rings. The Morgan fingerprint density at radius 1 is 0.818 bits per heavy atom. The molecule has 0 N–H and O–H groups in total. The van der Waals surface area contributed by atoms with Crippen LogP contribution in [0.25, 0.3) is 0 Å². The molecule has 0 atom stereocenters. The molecular weight excluding hydrogens is 434 g/mol. The van der Waals surface area contributed by atoms with Gasteiger partial charge in [-0.1, -0.05) is 54.1 Å². The molecule has 1 aliphatic rings. The van der Waals surface area contributed by atoms with Crippen molar-refractivity contribution in [2.45, 2.75) is 18.2 Å². The summed E-state index contributed by atoms with van der Waals surface area (Å²) in [5.74, 6) is -0.0252. The van der Waals surface area contributed by atoms with Crippen molar-refractivity contribution in [3.8, 4) is 0 Å². The summed E-state index contributed by atoms with van der Waals surface area (Å²) in [6.07, 6.45) is 0.130. The Kier molecular flexibility index (Phi) is 6.99. The third-order valence-corrected chi connectivity index (χ3v) is 7.78. The molecule has 0 spiro atoms. The summed E-state index contributed by atoms with van der Waals surface area (Å²) in [6, 6.07) is 25.9. The zero-order chi connectivity index (χ0) is 23.3. The van der Waals surface area contributed by atoms with E-state index in [-0.39, 0.29) is 23.8 Å². The Labute approximate surface area is 196 Å². The summed E-state index contributed by atoms with van der Waals surface area (Å²) >= 11 is 0. The van der Waals surface area contributed by atoms with Gasteiger partial charge in [-0.25, -0.2) is 8.42 Å². The van der Waals surface area contributed by atoms with Crippen LogP contribution in [0.5, 0.6) is 0 Å². The maximum atomic E-state index is 13.4. The molecule has 4 rings (SSSR count). The third kappa shape index (κ3) is 5.37. The average Bonchev–Trinajstić information content (AvgIpc) is 2.85. The standard InChI is InChI=1S/C26H29N3O3S/c1-22-12-14-25(15-13-22)33(31,32)29(24-10-6-3-7-11-24)17-16-26(30)28-20-18-27(19-21-28)23-8-4-2-5-9-23/h2-15H,16-21H2,1H3. The lowest BCUT2D eigenvalue weighted by molar-refractivity contribution is -0.131. The van der Waals surface area contributed by atoms with E-state index in [4.69, 9.17) is 0 Å². The fourth-order valence-electron chi connectivity index (χ4n) is 4.03. The first-order valence-electron chi connectivity index (χ1n) is 11.2. The first kappa shape index (κ1) is 22.9. The van der Waals surface area contributed by atoms with E-state index in [1.807, 2.05) is 36.1 Å². The number of piperazine rings is 1. The number of carbonyl (C=O) groups excluding carboxylic acids is 1. The highest BCUT2D eigenvalue weighted by Crippen LogP contribution is 2.24. The van der Waals surface area contributed by atoms with Crippen molar-refractivity contribution in [3.05, 3.63) is 90.5 Å². The predicted octanol–water partition coefficient (Wildman–Crippen LogP) is 3.93. The van der Waals surface area contributed by atoms with Crippen molar-refractivity contribution in [3.63, 3.8) is 0 Å². The first-order chi connectivity index (χ1) is 15.9. The van der Waals surface area contributed by atoms with Gasteiger partial charge in [0.05, 0.1) is 10.6 Å². The maximum absolute atomic E-state index is 13.4. The number of aryl methyl sites for hydroxylation is 1. The van der Waals surface area contributed by atoms with Crippen LogP contribution in [0.15, 0.2) is 89.8 Å². The highest BCUT2D eigenvalue weighted by molar-refractivity contribution is 7.92. The van der Waals surface area contributed by atoms with Gasteiger partial charge in [-0.3, -0.25) is 9.10 Å². The summed E-state index contributed by atoms with van der Waals surface area (Å²) in [6.45, 7) is 4.80. The smallest absolute Gasteiger partial charge is 0.264 e. The number of anilines is 2. The predicted molar refractivity (Wildman–Crippen MR) is 132 cm³/mol. The fourth-order valence-corrected chi connectivity index (χ4v) is 5.49. The van der Waals surface area contributed by atoms with Gasteiger partial charge in [0, 0.05) is 44.8 Å². The number of hydrogen-bond acceptors (Lipinski definition) is 4. The molecule has 1 heterocycles. The number of amides is 1. The molecule has 0 radical (unpaired) electrons.